The van der Waals surface area contributed by atoms with Crippen molar-refractivity contribution in [3.8, 4) is 11.5 Å². The molecule has 0 radical (unpaired) electrons. The summed E-state index contributed by atoms with van der Waals surface area (Å²) in [5, 5.41) is 1.17. The first kappa shape index (κ1) is 22.1. The predicted octanol–water partition coefficient (Wildman–Crippen LogP) is 6.35. The molecule has 0 aliphatic carbocycles. The van der Waals surface area contributed by atoms with Crippen molar-refractivity contribution < 1.29 is 18.2 Å². The minimum atomic E-state index is -3.37. The fourth-order valence-electron chi connectivity index (χ4n) is 3.33. The number of hydrogen-bond donors (Lipinski definition) is 0. The maximum Gasteiger partial charge on any atom is 0.277 e. The van der Waals surface area contributed by atoms with E-state index in [2.05, 4.69) is 0 Å². The summed E-state index contributed by atoms with van der Waals surface area (Å²) in [7, 11) is -6.73. The molecule has 32 heavy (non-hydrogen) atoms. The second-order valence-electron chi connectivity index (χ2n) is 7.27. The van der Waals surface area contributed by atoms with Crippen LogP contribution in [0.15, 0.2) is 121 Å². The maximum absolute atomic E-state index is 14.1. The second-order valence-corrected chi connectivity index (χ2v) is 12.3. The molecule has 4 rings (SSSR count). The van der Waals surface area contributed by atoms with Gasteiger partial charge in [-0.3, -0.25) is 9.13 Å². The highest BCUT2D eigenvalue weighted by atomic mass is 31.2. The van der Waals surface area contributed by atoms with Gasteiger partial charge in [0.1, 0.15) is 11.5 Å². The molecule has 0 amide bonds. The van der Waals surface area contributed by atoms with Crippen molar-refractivity contribution in [3.05, 3.63) is 121 Å². The van der Waals surface area contributed by atoms with Crippen molar-refractivity contribution in [1.29, 1.82) is 0 Å². The van der Waals surface area contributed by atoms with Gasteiger partial charge in [0, 0.05) is 22.9 Å². The molecule has 0 saturated carbocycles. The Bertz CT molecular complexity index is 1110. The number of hydrogen-bond acceptors (Lipinski definition) is 4. The van der Waals surface area contributed by atoms with Crippen LogP contribution in [0.25, 0.3) is 0 Å². The summed E-state index contributed by atoms with van der Waals surface area (Å²) in [5.41, 5.74) is 0. The third kappa shape index (κ3) is 5.40. The van der Waals surface area contributed by atoms with E-state index in [0.29, 0.717) is 22.1 Å². The van der Waals surface area contributed by atoms with Crippen molar-refractivity contribution in [1.82, 2.24) is 0 Å². The van der Waals surface area contributed by atoms with E-state index in [1.54, 1.807) is 48.5 Å². The fourth-order valence-corrected chi connectivity index (χ4v) is 8.53. The highest BCUT2D eigenvalue weighted by Gasteiger charge is 2.35. The van der Waals surface area contributed by atoms with E-state index in [-0.39, 0.29) is 12.3 Å². The van der Waals surface area contributed by atoms with E-state index in [1.807, 2.05) is 72.8 Å². The Morgan fingerprint density at radius 1 is 0.438 bits per heavy atom. The van der Waals surface area contributed by atoms with Crippen molar-refractivity contribution in [2.24, 2.45) is 0 Å². The number of rotatable bonds is 9. The zero-order chi connectivity index (χ0) is 22.3. The number of para-hydroxylation sites is 2. The van der Waals surface area contributed by atoms with Gasteiger partial charge >= 0.3 is 0 Å². The molecule has 0 aromatic heterocycles. The molecule has 0 unspecified atom stereocenters. The highest BCUT2D eigenvalue weighted by molar-refractivity contribution is 7.71. The average molecular weight is 462 g/mol. The summed E-state index contributed by atoms with van der Waals surface area (Å²) in [5.74, 6) is 1.02. The summed E-state index contributed by atoms with van der Waals surface area (Å²) < 4.78 is 40.3. The van der Waals surface area contributed by atoms with Crippen molar-refractivity contribution in [2.45, 2.75) is 0 Å². The Labute approximate surface area is 188 Å². The molecule has 4 nitrogen and oxygen atoms in total. The molecule has 0 bridgehead atoms. The molecule has 0 saturated heterocycles. The van der Waals surface area contributed by atoms with E-state index >= 15 is 0 Å². The molecule has 4 aromatic carbocycles. The molecule has 0 aliphatic heterocycles. The van der Waals surface area contributed by atoms with Crippen molar-refractivity contribution in [2.75, 3.05) is 12.3 Å². The monoisotopic (exact) mass is 462 g/mol. The lowest BCUT2D eigenvalue weighted by Gasteiger charge is -2.24. The van der Waals surface area contributed by atoms with Crippen LogP contribution in [-0.2, 0) is 9.13 Å². The lowest BCUT2D eigenvalue weighted by atomic mass is 10.3. The van der Waals surface area contributed by atoms with Gasteiger partial charge in [-0.05, 0) is 48.5 Å². The summed E-state index contributed by atoms with van der Waals surface area (Å²) >= 11 is 0. The zero-order valence-corrected chi connectivity index (χ0v) is 19.3. The first-order valence-corrected chi connectivity index (χ1v) is 14.0. The Balaban J connectivity index is 1.67. The SMILES string of the molecule is O=[P@](CC[P@](=O)(Oc1ccccc1)c1ccccc1)(Oc1ccccc1)c1ccccc1. The van der Waals surface area contributed by atoms with Gasteiger partial charge in [-0.1, -0.05) is 72.8 Å². The molecular formula is C26H24O4P2. The first-order chi connectivity index (χ1) is 15.6. The summed E-state index contributed by atoms with van der Waals surface area (Å²) in [6.45, 7) is 0. The quantitative estimate of drug-likeness (QED) is 0.272. The summed E-state index contributed by atoms with van der Waals surface area (Å²) in [6.07, 6.45) is 0.149. The smallest absolute Gasteiger partial charge is 0.277 e. The minimum absolute atomic E-state index is 0.0743. The van der Waals surface area contributed by atoms with Gasteiger partial charge < -0.3 is 9.05 Å². The lowest BCUT2D eigenvalue weighted by molar-refractivity contribution is 0.483. The van der Waals surface area contributed by atoms with Crippen LogP contribution >= 0.6 is 14.7 Å². The molecule has 2 atom stereocenters. The topological polar surface area (TPSA) is 52.6 Å². The van der Waals surface area contributed by atoms with Crippen LogP contribution in [0.5, 0.6) is 11.5 Å². The van der Waals surface area contributed by atoms with E-state index in [1.165, 1.54) is 0 Å². The summed E-state index contributed by atoms with van der Waals surface area (Å²) in [6, 6.07) is 36.3. The van der Waals surface area contributed by atoms with Crippen LogP contribution in [0.2, 0.25) is 0 Å². The molecule has 4 aromatic rings. The third-order valence-corrected chi connectivity index (χ3v) is 10.1. The van der Waals surface area contributed by atoms with Crippen molar-refractivity contribution >= 4 is 25.3 Å². The largest absolute Gasteiger partial charge is 0.440 e. The molecule has 6 heteroatoms. The van der Waals surface area contributed by atoms with Crippen LogP contribution in [0.4, 0.5) is 0 Å². The van der Waals surface area contributed by atoms with Gasteiger partial charge in [-0.2, -0.15) is 0 Å². The van der Waals surface area contributed by atoms with Gasteiger partial charge in [0.05, 0.1) is 0 Å². The van der Waals surface area contributed by atoms with Gasteiger partial charge in [-0.25, -0.2) is 0 Å². The Kier molecular flexibility index (Phi) is 6.95. The van der Waals surface area contributed by atoms with E-state index < -0.39 is 14.7 Å². The summed E-state index contributed by atoms with van der Waals surface area (Å²) in [4.78, 5) is 0. The molecule has 0 fully saturated rings. The first-order valence-electron chi connectivity index (χ1n) is 10.4. The minimum Gasteiger partial charge on any atom is -0.440 e. The predicted molar refractivity (Wildman–Crippen MR) is 131 cm³/mol. The molecule has 162 valence electrons. The standard InChI is InChI=1S/C26H24O4P2/c27-31(25-17-9-3-10-18-25,29-23-13-5-1-6-14-23)21-22-32(28,26-19-11-4-12-20-26)30-24-15-7-2-8-16-24/h1-20H,21-22H2/t31-,32+. The van der Waals surface area contributed by atoms with Gasteiger partial charge in [0.15, 0.2) is 0 Å². The maximum atomic E-state index is 14.1. The average Bonchev–Trinajstić information content (AvgIpc) is 2.85. The van der Waals surface area contributed by atoms with E-state index in [0.717, 1.165) is 0 Å². The molecule has 0 N–H and O–H groups in total. The lowest BCUT2D eigenvalue weighted by Crippen LogP contribution is -2.19. The highest BCUT2D eigenvalue weighted by Crippen LogP contribution is 2.53. The van der Waals surface area contributed by atoms with Crippen LogP contribution in [0.3, 0.4) is 0 Å². The normalized spacial score (nSPS) is 14.6. The van der Waals surface area contributed by atoms with E-state index in [9.17, 15) is 9.13 Å². The Morgan fingerprint density at radius 2 is 0.719 bits per heavy atom. The molecule has 0 aliphatic rings. The third-order valence-electron chi connectivity index (χ3n) is 4.98. The second kappa shape index (κ2) is 10.0. The van der Waals surface area contributed by atoms with E-state index in [4.69, 9.17) is 9.05 Å². The van der Waals surface area contributed by atoms with Gasteiger partial charge in [0.25, 0.3) is 14.7 Å². The Hall–Kier alpha value is -3.06. The fraction of sp³-hybridized carbons (Fsp3) is 0.0769. The van der Waals surface area contributed by atoms with Crippen LogP contribution < -0.4 is 19.7 Å². The zero-order valence-electron chi connectivity index (χ0n) is 17.5. The molecule has 0 spiro atoms. The van der Waals surface area contributed by atoms with Gasteiger partial charge in [-0.15, -0.1) is 0 Å². The van der Waals surface area contributed by atoms with Crippen LogP contribution in [0, 0.1) is 0 Å². The van der Waals surface area contributed by atoms with Crippen LogP contribution in [0.1, 0.15) is 0 Å². The molecule has 0 heterocycles. The Morgan fingerprint density at radius 3 is 1.03 bits per heavy atom. The number of benzene rings is 4. The van der Waals surface area contributed by atoms with Gasteiger partial charge in [0.2, 0.25) is 0 Å². The van der Waals surface area contributed by atoms with Crippen LogP contribution in [-0.4, -0.2) is 12.3 Å². The van der Waals surface area contributed by atoms with Crippen molar-refractivity contribution in [3.63, 3.8) is 0 Å². The molecular weight excluding hydrogens is 438 g/mol.